The highest BCUT2D eigenvalue weighted by Gasteiger charge is 2.33. The maximum atomic E-state index is 12.6. The summed E-state index contributed by atoms with van der Waals surface area (Å²) in [6.07, 6.45) is -3.71. The van der Waals surface area contributed by atoms with Crippen LogP contribution in [0.3, 0.4) is 0 Å². The normalized spacial score (nSPS) is 11.8. The molecule has 0 unspecified atom stereocenters. The summed E-state index contributed by atoms with van der Waals surface area (Å²) < 4.78 is 42.6. The molecular weight excluding hydrogens is 205 g/mol. The fourth-order valence-electron chi connectivity index (χ4n) is 1.39. The minimum absolute atomic E-state index is 0.0150. The smallest absolute Gasteiger partial charge is 0.380 e. The van der Waals surface area contributed by atoms with E-state index in [9.17, 15) is 13.2 Å². The van der Waals surface area contributed by atoms with Gasteiger partial charge in [0.2, 0.25) is 0 Å². The number of benzene rings is 1. The third kappa shape index (κ3) is 2.96. The van der Waals surface area contributed by atoms with Crippen molar-refractivity contribution in [2.75, 3.05) is 7.11 Å². The molecule has 0 bridgehead atoms. The van der Waals surface area contributed by atoms with E-state index in [4.69, 9.17) is 4.74 Å². The van der Waals surface area contributed by atoms with Crippen molar-refractivity contribution in [2.45, 2.75) is 26.1 Å². The first-order chi connectivity index (χ1) is 6.99. The minimum atomic E-state index is -4.31. The van der Waals surface area contributed by atoms with Gasteiger partial charge < -0.3 is 4.74 Å². The van der Waals surface area contributed by atoms with Crippen LogP contribution in [0, 0.1) is 0 Å². The predicted molar refractivity (Wildman–Crippen MR) is 51.5 cm³/mol. The Hall–Kier alpha value is -1.03. The van der Waals surface area contributed by atoms with Gasteiger partial charge in [-0.25, -0.2) is 0 Å². The molecule has 0 N–H and O–H groups in total. The van der Waals surface area contributed by atoms with Gasteiger partial charge in [0, 0.05) is 7.11 Å². The molecular formula is C11H13F3O. The highest BCUT2D eigenvalue weighted by atomic mass is 19.4. The van der Waals surface area contributed by atoms with Crippen LogP contribution in [0.15, 0.2) is 18.2 Å². The van der Waals surface area contributed by atoms with Crippen molar-refractivity contribution in [1.29, 1.82) is 0 Å². The number of methoxy groups -OCH3 is 1. The Bertz CT molecular complexity index is 331. The van der Waals surface area contributed by atoms with Crippen LogP contribution in [-0.4, -0.2) is 7.11 Å². The molecule has 84 valence electrons. The van der Waals surface area contributed by atoms with Gasteiger partial charge in [0.1, 0.15) is 0 Å². The molecule has 1 aromatic carbocycles. The van der Waals surface area contributed by atoms with Crippen LogP contribution < -0.4 is 0 Å². The van der Waals surface area contributed by atoms with Crippen LogP contribution in [0.25, 0.3) is 0 Å². The second kappa shape index (κ2) is 4.66. The standard InChI is InChI=1S/C11H13F3O/c1-3-8-4-5-9(7-15-2)10(6-8)11(12,13)14/h4-6H,3,7H2,1-2H3. The third-order valence-electron chi connectivity index (χ3n) is 2.19. The van der Waals surface area contributed by atoms with Crippen LogP contribution in [0.1, 0.15) is 23.6 Å². The summed E-state index contributed by atoms with van der Waals surface area (Å²) in [4.78, 5) is 0. The Balaban J connectivity index is 3.16. The molecule has 0 aromatic heterocycles. The molecule has 1 rings (SSSR count). The number of ether oxygens (including phenoxy) is 1. The van der Waals surface area contributed by atoms with Crippen molar-refractivity contribution in [1.82, 2.24) is 0 Å². The summed E-state index contributed by atoms with van der Waals surface area (Å²) in [5.41, 5.74) is 0.271. The Labute approximate surface area is 86.9 Å². The average Bonchev–Trinajstić information content (AvgIpc) is 2.17. The molecule has 0 aliphatic rings. The van der Waals surface area contributed by atoms with Gasteiger partial charge in [-0.15, -0.1) is 0 Å². The number of rotatable bonds is 3. The molecule has 0 amide bonds. The Morgan fingerprint density at radius 1 is 1.27 bits per heavy atom. The van der Waals surface area contributed by atoms with Gasteiger partial charge in [-0.1, -0.05) is 19.1 Å². The average molecular weight is 218 g/mol. The van der Waals surface area contributed by atoms with Gasteiger partial charge in [0.25, 0.3) is 0 Å². The van der Waals surface area contributed by atoms with E-state index in [0.29, 0.717) is 12.0 Å². The van der Waals surface area contributed by atoms with Crippen LogP contribution in [0.5, 0.6) is 0 Å². The van der Waals surface area contributed by atoms with Crippen LogP contribution in [0.4, 0.5) is 13.2 Å². The number of hydrogen-bond donors (Lipinski definition) is 0. The molecule has 0 radical (unpaired) electrons. The zero-order chi connectivity index (χ0) is 11.5. The first-order valence-electron chi connectivity index (χ1n) is 4.67. The van der Waals surface area contributed by atoms with E-state index < -0.39 is 11.7 Å². The predicted octanol–water partition coefficient (Wildman–Crippen LogP) is 3.41. The monoisotopic (exact) mass is 218 g/mol. The first kappa shape index (κ1) is 12.0. The molecule has 0 heterocycles. The zero-order valence-electron chi connectivity index (χ0n) is 8.69. The summed E-state index contributed by atoms with van der Waals surface area (Å²) in [7, 11) is 1.38. The first-order valence-corrected chi connectivity index (χ1v) is 4.67. The fourth-order valence-corrected chi connectivity index (χ4v) is 1.39. The topological polar surface area (TPSA) is 9.23 Å². The summed E-state index contributed by atoms with van der Waals surface area (Å²) in [5.74, 6) is 0. The van der Waals surface area contributed by atoms with E-state index in [1.807, 2.05) is 6.92 Å². The molecule has 15 heavy (non-hydrogen) atoms. The molecule has 0 saturated heterocycles. The lowest BCUT2D eigenvalue weighted by molar-refractivity contribution is -0.138. The molecule has 1 aromatic rings. The minimum Gasteiger partial charge on any atom is -0.380 e. The quantitative estimate of drug-likeness (QED) is 0.755. The van der Waals surface area contributed by atoms with E-state index in [0.717, 1.165) is 0 Å². The SMILES string of the molecule is CCc1ccc(COC)c(C(F)(F)F)c1. The number of aryl methyl sites for hydroxylation is 1. The van der Waals surface area contributed by atoms with Gasteiger partial charge in [-0.05, 0) is 23.6 Å². The fraction of sp³-hybridized carbons (Fsp3) is 0.455. The highest BCUT2D eigenvalue weighted by molar-refractivity contribution is 5.33. The molecule has 0 atom stereocenters. The maximum Gasteiger partial charge on any atom is 0.416 e. The molecule has 1 nitrogen and oxygen atoms in total. The zero-order valence-corrected chi connectivity index (χ0v) is 8.69. The Morgan fingerprint density at radius 2 is 1.93 bits per heavy atom. The summed E-state index contributed by atoms with van der Waals surface area (Å²) in [6.45, 7) is 1.81. The summed E-state index contributed by atoms with van der Waals surface area (Å²) >= 11 is 0. The van der Waals surface area contributed by atoms with Crippen molar-refractivity contribution in [3.63, 3.8) is 0 Å². The Kier molecular flexibility index (Phi) is 3.74. The molecule has 0 aliphatic heterocycles. The highest BCUT2D eigenvalue weighted by Crippen LogP contribution is 2.33. The Morgan fingerprint density at radius 3 is 2.40 bits per heavy atom. The van der Waals surface area contributed by atoms with Gasteiger partial charge >= 0.3 is 6.18 Å². The number of hydrogen-bond acceptors (Lipinski definition) is 1. The van der Waals surface area contributed by atoms with E-state index in [-0.39, 0.29) is 12.2 Å². The van der Waals surface area contributed by atoms with Gasteiger partial charge in [0.15, 0.2) is 0 Å². The lowest BCUT2D eigenvalue weighted by Crippen LogP contribution is -2.10. The van der Waals surface area contributed by atoms with E-state index >= 15 is 0 Å². The molecule has 0 spiro atoms. The maximum absolute atomic E-state index is 12.6. The van der Waals surface area contributed by atoms with Crippen molar-refractivity contribution in [3.05, 3.63) is 34.9 Å². The van der Waals surface area contributed by atoms with Gasteiger partial charge in [0.05, 0.1) is 12.2 Å². The number of halogens is 3. The largest absolute Gasteiger partial charge is 0.416 e. The van der Waals surface area contributed by atoms with Gasteiger partial charge in [-0.3, -0.25) is 0 Å². The van der Waals surface area contributed by atoms with E-state index in [1.54, 1.807) is 6.07 Å². The van der Waals surface area contributed by atoms with Crippen LogP contribution >= 0.6 is 0 Å². The van der Waals surface area contributed by atoms with Crippen LogP contribution in [0.2, 0.25) is 0 Å². The summed E-state index contributed by atoms with van der Waals surface area (Å²) in [5, 5.41) is 0. The molecule has 0 saturated carbocycles. The molecule has 0 aliphatic carbocycles. The number of alkyl halides is 3. The van der Waals surface area contributed by atoms with Crippen molar-refractivity contribution < 1.29 is 17.9 Å². The van der Waals surface area contributed by atoms with E-state index in [2.05, 4.69) is 0 Å². The molecule has 0 fully saturated rings. The van der Waals surface area contributed by atoms with Crippen molar-refractivity contribution >= 4 is 0 Å². The lowest BCUT2D eigenvalue weighted by atomic mass is 10.0. The van der Waals surface area contributed by atoms with Crippen molar-refractivity contribution in [2.24, 2.45) is 0 Å². The van der Waals surface area contributed by atoms with E-state index in [1.165, 1.54) is 19.2 Å². The van der Waals surface area contributed by atoms with Crippen molar-refractivity contribution in [3.8, 4) is 0 Å². The molecule has 4 heteroatoms. The second-order valence-electron chi connectivity index (χ2n) is 3.28. The summed E-state index contributed by atoms with van der Waals surface area (Å²) in [6, 6.07) is 4.36. The van der Waals surface area contributed by atoms with Crippen LogP contribution in [-0.2, 0) is 23.9 Å². The lowest BCUT2D eigenvalue weighted by Gasteiger charge is -2.13. The van der Waals surface area contributed by atoms with Gasteiger partial charge in [-0.2, -0.15) is 13.2 Å². The third-order valence-corrected chi connectivity index (χ3v) is 2.19. The second-order valence-corrected chi connectivity index (χ2v) is 3.28.